The number of nitrogens with one attached hydrogen (secondary N) is 1. The molecule has 0 bridgehead atoms. The average Bonchev–Trinajstić information content (AvgIpc) is 3.24. The maximum atomic E-state index is 12.2. The average molecular weight is 412 g/mol. The Morgan fingerprint density at radius 3 is 2.10 bits per heavy atom. The first-order valence-corrected chi connectivity index (χ1v) is 9.68. The van der Waals surface area contributed by atoms with Crippen LogP contribution in [0.3, 0.4) is 0 Å². The van der Waals surface area contributed by atoms with Crippen LogP contribution >= 0.6 is 0 Å². The van der Waals surface area contributed by atoms with E-state index in [4.69, 9.17) is 9.47 Å². The van der Waals surface area contributed by atoms with Crippen LogP contribution in [0.15, 0.2) is 60.7 Å². The van der Waals surface area contributed by atoms with Gasteiger partial charge in [-0.1, -0.05) is 60.7 Å². The molecule has 0 saturated carbocycles. The van der Waals surface area contributed by atoms with E-state index in [-0.39, 0.29) is 25.8 Å². The van der Waals surface area contributed by atoms with Crippen molar-refractivity contribution in [2.45, 2.75) is 31.7 Å². The van der Waals surface area contributed by atoms with Crippen LogP contribution in [-0.2, 0) is 32.3 Å². The summed E-state index contributed by atoms with van der Waals surface area (Å²) in [6, 6.07) is 16.5. The number of nitrogens with zero attached hydrogens (tertiary/aromatic N) is 1. The van der Waals surface area contributed by atoms with E-state index in [0.717, 1.165) is 11.1 Å². The Morgan fingerprint density at radius 2 is 1.53 bits per heavy atom. The van der Waals surface area contributed by atoms with E-state index in [2.05, 4.69) is 5.32 Å². The molecule has 8 heteroatoms. The molecule has 30 heavy (non-hydrogen) atoms. The highest BCUT2D eigenvalue weighted by molar-refractivity contribution is 5.98. The fourth-order valence-electron chi connectivity index (χ4n) is 3.16. The molecule has 0 aromatic heterocycles. The predicted octanol–water partition coefficient (Wildman–Crippen LogP) is 2.18. The van der Waals surface area contributed by atoms with Crippen molar-refractivity contribution in [3.05, 3.63) is 71.8 Å². The standard InChI is InChI=1S/C22H24N2O6/c25-20(26)19(21(27)29-14-16-7-3-1-4-8-16)23-18-11-12-24(13-18)22(28)30-15-17-9-5-2-6-10-17/h1-10,18-19,23H,11-15H2,(H,25,26)/t18?,19-/m1/s1. The minimum absolute atomic E-state index is 0.00621. The van der Waals surface area contributed by atoms with Gasteiger partial charge in [-0.05, 0) is 17.5 Å². The summed E-state index contributed by atoms with van der Waals surface area (Å²) >= 11 is 0. The highest BCUT2D eigenvalue weighted by atomic mass is 16.6. The zero-order valence-electron chi connectivity index (χ0n) is 16.4. The first-order valence-electron chi connectivity index (χ1n) is 9.68. The van der Waals surface area contributed by atoms with Gasteiger partial charge in [0.05, 0.1) is 0 Å². The minimum atomic E-state index is -1.50. The second kappa shape index (κ2) is 10.4. The second-order valence-corrected chi connectivity index (χ2v) is 7.00. The molecule has 158 valence electrons. The van der Waals surface area contributed by atoms with Crippen LogP contribution in [0.1, 0.15) is 17.5 Å². The van der Waals surface area contributed by atoms with Gasteiger partial charge in [-0.3, -0.25) is 5.32 Å². The summed E-state index contributed by atoms with van der Waals surface area (Å²) in [4.78, 5) is 37.5. The third-order valence-corrected chi connectivity index (χ3v) is 4.76. The van der Waals surface area contributed by atoms with E-state index in [1.165, 1.54) is 4.90 Å². The number of ether oxygens (including phenoxy) is 2. The lowest BCUT2D eigenvalue weighted by atomic mass is 10.2. The molecule has 2 aromatic rings. The molecular formula is C22H24N2O6. The number of hydrogen-bond donors (Lipinski definition) is 2. The van der Waals surface area contributed by atoms with Gasteiger partial charge >= 0.3 is 18.0 Å². The Morgan fingerprint density at radius 1 is 0.967 bits per heavy atom. The van der Waals surface area contributed by atoms with Gasteiger partial charge in [0, 0.05) is 19.1 Å². The SMILES string of the molecule is O=C(O)[C@@H](NC1CCN(C(=O)OCc2ccccc2)C1)C(=O)OCc1ccccc1. The Bertz CT molecular complexity index is 858. The number of likely N-dealkylation sites (tertiary alicyclic amines) is 1. The van der Waals surface area contributed by atoms with E-state index < -0.39 is 24.1 Å². The topological polar surface area (TPSA) is 105 Å². The molecule has 1 aliphatic heterocycles. The molecule has 2 atom stereocenters. The number of amides is 1. The van der Waals surface area contributed by atoms with Gasteiger partial charge in [0.1, 0.15) is 13.2 Å². The van der Waals surface area contributed by atoms with Crippen LogP contribution in [0.2, 0.25) is 0 Å². The van der Waals surface area contributed by atoms with E-state index in [1.807, 2.05) is 36.4 Å². The lowest BCUT2D eigenvalue weighted by Crippen LogP contribution is -2.50. The molecule has 2 N–H and O–H groups in total. The molecule has 3 rings (SSSR count). The smallest absolute Gasteiger partial charge is 0.410 e. The van der Waals surface area contributed by atoms with Gasteiger partial charge in [0.15, 0.2) is 0 Å². The van der Waals surface area contributed by atoms with Crippen LogP contribution in [0.4, 0.5) is 4.79 Å². The molecule has 0 spiro atoms. The molecule has 0 aliphatic carbocycles. The first kappa shape index (κ1) is 21.3. The van der Waals surface area contributed by atoms with E-state index in [1.54, 1.807) is 24.3 Å². The number of aliphatic carboxylic acids is 1. The number of rotatable bonds is 8. The van der Waals surface area contributed by atoms with E-state index >= 15 is 0 Å². The molecule has 2 aromatic carbocycles. The minimum Gasteiger partial charge on any atom is -0.480 e. The van der Waals surface area contributed by atoms with Crippen molar-refractivity contribution in [1.29, 1.82) is 0 Å². The zero-order valence-corrected chi connectivity index (χ0v) is 16.4. The molecule has 1 fully saturated rings. The van der Waals surface area contributed by atoms with Crippen LogP contribution in [0.25, 0.3) is 0 Å². The predicted molar refractivity (Wildman–Crippen MR) is 107 cm³/mol. The molecule has 0 radical (unpaired) electrons. The van der Waals surface area contributed by atoms with Crippen molar-refractivity contribution in [1.82, 2.24) is 10.2 Å². The fraction of sp³-hybridized carbons (Fsp3) is 0.318. The zero-order chi connectivity index (χ0) is 21.3. The monoisotopic (exact) mass is 412 g/mol. The number of hydrogen-bond acceptors (Lipinski definition) is 6. The van der Waals surface area contributed by atoms with Crippen LogP contribution < -0.4 is 5.32 Å². The fourth-order valence-corrected chi connectivity index (χ4v) is 3.16. The van der Waals surface area contributed by atoms with E-state index in [0.29, 0.717) is 13.0 Å². The molecule has 8 nitrogen and oxygen atoms in total. The van der Waals surface area contributed by atoms with Crippen LogP contribution in [-0.4, -0.2) is 53.2 Å². The number of carbonyl (C=O) groups excluding carboxylic acids is 2. The summed E-state index contributed by atoms with van der Waals surface area (Å²) < 4.78 is 10.4. The molecular weight excluding hydrogens is 388 g/mol. The maximum absolute atomic E-state index is 12.2. The van der Waals surface area contributed by atoms with Crippen molar-refractivity contribution in [3.8, 4) is 0 Å². The Hall–Kier alpha value is -3.39. The largest absolute Gasteiger partial charge is 0.480 e. The van der Waals surface area contributed by atoms with Crippen molar-refractivity contribution in [2.24, 2.45) is 0 Å². The maximum Gasteiger partial charge on any atom is 0.410 e. The summed E-state index contributed by atoms with van der Waals surface area (Å²) in [5.41, 5.74) is 1.65. The number of esters is 1. The lowest BCUT2D eigenvalue weighted by molar-refractivity contribution is -0.156. The highest BCUT2D eigenvalue weighted by Gasteiger charge is 2.34. The van der Waals surface area contributed by atoms with Crippen molar-refractivity contribution >= 4 is 18.0 Å². The van der Waals surface area contributed by atoms with Crippen molar-refractivity contribution < 1.29 is 29.0 Å². The van der Waals surface area contributed by atoms with E-state index in [9.17, 15) is 19.5 Å². The van der Waals surface area contributed by atoms with Gasteiger partial charge < -0.3 is 19.5 Å². The van der Waals surface area contributed by atoms with Crippen LogP contribution in [0.5, 0.6) is 0 Å². The van der Waals surface area contributed by atoms with Crippen molar-refractivity contribution in [2.75, 3.05) is 13.1 Å². The molecule has 1 aliphatic rings. The number of carboxylic acid groups (broad SMARTS) is 1. The quantitative estimate of drug-likeness (QED) is 0.506. The molecule has 1 saturated heterocycles. The third kappa shape index (κ3) is 6.05. The van der Waals surface area contributed by atoms with Gasteiger partial charge in [-0.25, -0.2) is 14.4 Å². The summed E-state index contributed by atoms with van der Waals surface area (Å²) in [5.74, 6) is -2.19. The lowest BCUT2D eigenvalue weighted by Gasteiger charge is -2.20. The Balaban J connectivity index is 1.47. The summed E-state index contributed by atoms with van der Waals surface area (Å²) in [7, 11) is 0. The number of carbonyl (C=O) groups is 3. The molecule has 1 heterocycles. The Kier molecular flexibility index (Phi) is 7.40. The molecule has 1 unspecified atom stereocenters. The summed E-state index contributed by atoms with van der Waals surface area (Å²) in [6.07, 6.45) is 0.0394. The summed E-state index contributed by atoms with van der Waals surface area (Å²) in [5, 5.41) is 12.2. The van der Waals surface area contributed by atoms with Crippen LogP contribution in [0, 0.1) is 0 Å². The molecule has 1 amide bonds. The second-order valence-electron chi connectivity index (χ2n) is 7.00. The number of carboxylic acids is 1. The third-order valence-electron chi connectivity index (χ3n) is 4.76. The number of benzene rings is 2. The van der Waals surface area contributed by atoms with Gasteiger partial charge in [-0.15, -0.1) is 0 Å². The highest BCUT2D eigenvalue weighted by Crippen LogP contribution is 2.13. The van der Waals surface area contributed by atoms with Gasteiger partial charge in [0.2, 0.25) is 6.04 Å². The van der Waals surface area contributed by atoms with Gasteiger partial charge in [-0.2, -0.15) is 0 Å². The Labute approximate surface area is 174 Å². The normalized spacial score (nSPS) is 16.7. The van der Waals surface area contributed by atoms with Crippen molar-refractivity contribution in [3.63, 3.8) is 0 Å². The summed E-state index contributed by atoms with van der Waals surface area (Å²) in [6.45, 7) is 0.825. The first-order chi connectivity index (χ1) is 14.5. The van der Waals surface area contributed by atoms with Gasteiger partial charge in [0.25, 0.3) is 0 Å².